The molecule has 2 amide bonds. The van der Waals surface area contributed by atoms with Gasteiger partial charge < -0.3 is 9.73 Å². The maximum absolute atomic E-state index is 12.6. The first-order chi connectivity index (χ1) is 13.1. The molecule has 2 heterocycles. The summed E-state index contributed by atoms with van der Waals surface area (Å²) in [6.45, 7) is 1.74. The molecule has 1 aliphatic heterocycles. The van der Waals surface area contributed by atoms with Crippen LogP contribution in [0.4, 0.5) is 5.69 Å². The molecular formula is C20H18N4O3. The summed E-state index contributed by atoms with van der Waals surface area (Å²) in [5.41, 5.74) is 4.21. The van der Waals surface area contributed by atoms with Crippen LogP contribution in [-0.4, -0.2) is 24.2 Å². The SMILES string of the molecule is C[C@H](NC(=O)C1=NCC(=O)N(c2ccccc2)N1)c1cc2ccccc2o1. The van der Waals surface area contributed by atoms with Crippen molar-refractivity contribution < 1.29 is 14.0 Å². The van der Waals surface area contributed by atoms with Crippen molar-refractivity contribution in [3.8, 4) is 0 Å². The minimum Gasteiger partial charge on any atom is -0.459 e. The Hall–Kier alpha value is -3.61. The highest BCUT2D eigenvalue weighted by atomic mass is 16.3. The van der Waals surface area contributed by atoms with Crippen LogP contribution in [0.3, 0.4) is 0 Å². The lowest BCUT2D eigenvalue weighted by atomic mass is 10.2. The maximum Gasteiger partial charge on any atom is 0.288 e. The van der Waals surface area contributed by atoms with Gasteiger partial charge in [-0.1, -0.05) is 36.4 Å². The fourth-order valence-electron chi connectivity index (χ4n) is 2.88. The van der Waals surface area contributed by atoms with Crippen LogP contribution in [0.5, 0.6) is 0 Å². The van der Waals surface area contributed by atoms with Crippen molar-refractivity contribution in [3.63, 3.8) is 0 Å². The normalized spacial score (nSPS) is 15.2. The first-order valence-corrected chi connectivity index (χ1v) is 8.60. The summed E-state index contributed by atoms with van der Waals surface area (Å²) in [5, 5.41) is 5.15. The third-order valence-corrected chi connectivity index (χ3v) is 4.29. The van der Waals surface area contributed by atoms with Crippen molar-refractivity contribution in [1.82, 2.24) is 10.7 Å². The predicted octanol–water partition coefficient (Wildman–Crippen LogP) is 2.56. The molecule has 3 aromatic rings. The fraction of sp³-hybridized carbons (Fsp3) is 0.150. The molecule has 1 atom stereocenters. The Balaban J connectivity index is 1.48. The largest absolute Gasteiger partial charge is 0.459 e. The number of fused-ring (bicyclic) bond motifs is 1. The Morgan fingerprint density at radius 1 is 1.19 bits per heavy atom. The van der Waals surface area contributed by atoms with Gasteiger partial charge in [0.25, 0.3) is 11.8 Å². The summed E-state index contributed by atoms with van der Waals surface area (Å²) in [4.78, 5) is 28.8. The van der Waals surface area contributed by atoms with Crippen molar-refractivity contribution in [2.75, 3.05) is 11.6 Å². The lowest BCUT2D eigenvalue weighted by Crippen LogP contribution is -2.55. The van der Waals surface area contributed by atoms with Gasteiger partial charge in [0, 0.05) is 5.39 Å². The quantitative estimate of drug-likeness (QED) is 0.747. The number of furan rings is 1. The number of benzene rings is 2. The Labute approximate surface area is 155 Å². The number of nitrogens with zero attached hydrogens (tertiary/aromatic N) is 2. The van der Waals surface area contributed by atoms with Crippen LogP contribution in [0.2, 0.25) is 0 Å². The molecule has 7 heteroatoms. The third-order valence-electron chi connectivity index (χ3n) is 4.29. The van der Waals surface area contributed by atoms with Gasteiger partial charge in [0.1, 0.15) is 17.9 Å². The molecule has 0 aliphatic carbocycles. The number of hydrogen-bond donors (Lipinski definition) is 2. The third kappa shape index (κ3) is 3.39. The second kappa shape index (κ2) is 6.95. The molecule has 1 aliphatic rings. The molecule has 27 heavy (non-hydrogen) atoms. The molecule has 136 valence electrons. The highest BCUT2D eigenvalue weighted by Gasteiger charge is 2.26. The number of hydrogen-bond acceptors (Lipinski definition) is 5. The zero-order chi connectivity index (χ0) is 18.8. The van der Waals surface area contributed by atoms with E-state index in [0.29, 0.717) is 11.4 Å². The van der Waals surface area contributed by atoms with Gasteiger partial charge >= 0.3 is 0 Å². The van der Waals surface area contributed by atoms with Crippen LogP contribution in [-0.2, 0) is 9.59 Å². The van der Waals surface area contributed by atoms with Gasteiger partial charge in [0.15, 0.2) is 0 Å². The zero-order valence-electron chi connectivity index (χ0n) is 14.7. The van der Waals surface area contributed by atoms with Gasteiger partial charge in [0.2, 0.25) is 5.84 Å². The average Bonchev–Trinajstić information content (AvgIpc) is 3.13. The van der Waals surface area contributed by atoms with E-state index >= 15 is 0 Å². The molecule has 2 N–H and O–H groups in total. The standard InChI is InChI=1S/C20H18N4O3/c1-13(17-11-14-7-5-6-10-16(14)27-17)22-20(26)19-21-12-18(25)24(23-19)15-8-3-2-4-9-15/h2-11,13H,12H2,1H3,(H,21,23)(H,22,26)/t13-/m0/s1. The van der Waals surface area contributed by atoms with E-state index in [4.69, 9.17) is 4.42 Å². The molecule has 7 nitrogen and oxygen atoms in total. The monoisotopic (exact) mass is 362 g/mol. The summed E-state index contributed by atoms with van der Waals surface area (Å²) in [6, 6.07) is 18.3. The van der Waals surface area contributed by atoms with E-state index in [1.54, 1.807) is 12.1 Å². The van der Waals surface area contributed by atoms with E-state index in [1.165, 1.54) is 5.01 Å². The highest BCUT2D eigenvalue weighted by Crippen LogP contribution is 2.23. The van der Waals surface area contributed by atoms with Crippen LogP contribution in [0.1, 0.15) is 18.7 Å². The fourth-order valence-corrected chi connectivity index (χ4v) is 2.88. The molecule has 4 rings (SSSR count). The van der Waals surface area contributed by atoms with Crippen molar-refractivity contribution in [2.24, 2.45) is 4.99 Å². The van der Waals surface area contributed by atoms with Crippen LogP contribution in [0.25, 0.3) is 11.0 Å². The summed E-state index contributed by atoms with van der Waals surface area (Å²) < 4.78 is 5.79. The molecule has 0 unspecified atom stereocenters. The average molecular weight is 362 g/mol. The van der Waals surface area contributed by atoms with Gasteiger partial charge in [-0.3, -0.25) is 20.0 Å². The minimum atomic E-state index is -0.406. The topological polar surface area (TPSA) is 86.9 Å². The summed E-state index contributed by atoms with van der Waals surface area (Å²) in [6.07, 6.45) is 0. The second-order valence-electron chi connectivity index (χ2n) is 6.22. The van der Waals surface area contributed by atoms with Gasteiger partial charge in [-0.15, -0.1) is 0 Å². The van der Waals surface area contributed by atoms with Crippen molar-refractivity contribution >= 4 is 34.3 Å². The molecule has 1 aromatic heterocycles. The number of rotatable bonds is 4. The summed E-state index contributed by atoms with van der Waals surface area (Å²) in [5.74, 6) is 0.0952. The lowest BCUT2D eigenvalue weighted by Gasteiger charge is -2.28. The van der Waals surface area contributed by atoms with Crippen LogP contribution in [0.15, 0.2) is 70.1 Å². The lowest BCUT2D eigenvalue weighted by molar-refractivity contribution is -0.118. The minimum absolute atomic E-state index is 0.0846. The Kier molecular flexibility index (Phi) is 4.33. The predicted molar refractivity (Wildman–Crippen MR) is 102 cm³/mol. The molecule has 2 aromatic carbocycles. The molecule has 0 radical (unpaired) electrons. The number of anilines is 1. The van der Waals surface area contributed by atoms with Crippen molar-refractivity contribution in [2.45, 2.75) is 13.0 Å². The van der Waals surface area contributed by atoms with Gasteiger partial charge in [0.05, 0.1) is 11.7 Å². The number of carbonyl (C=O) groups excluding carboxylic acids is 2. The van der Waals surface area contributed by atoms with Crippen LogP contribution >= 0.6 is 0 Å². The zero-order valence-corrected chi connectivity index (χ0v) is 14.7. The summed E-state index contributed by atoms with van der Waals surface area (Å²) in [7, 11) is 0. The number of carbonyl (C=O) groups is 2. The number of para-hydroxylation sites is 2. The van der Waals surface area contributed by atoms with Crippen molar-refractivity contribution in [3.05, 3.63) is 66.4 Å². The number of hydrazine groups is 1. The Morgan fingerprint density at radius 2 is 1.93 bits per heavy atom. The molecule has 0 fully saturated rings. The van der Waals surface area contributed by atoms with Crippen molar-refractivity contribution in [1.29, 1.82) is 0 Å². The van der Waals surface area contributed by atoms with E-state index in [1.807, 2.05) is 55.5 Å². The molecule has 0 bridgehead atoms. The smallest absolute Gasteiger partial charge is 0.288 e. The number of aliphatic imine (C=N–C) groups is 1. The van der Waals surface area contributed by atoms with Gasteiger partial charge in [-0.2, -0.15) is 0 Å². The molecule has 0 saturated carbocycles. The number of amidine groups is 1. The van der Waals surface area contributed by atoms with Crippen LogP contribution in [0, 0.1) is 0 Å². The highest BCUT2D eigenvalue weighted by molar-refractivity contribution is 6.39. The molecule has 0 spiro atoms. The maximum atomic E-state index is 12.6. The Bertz CT molecular complexity index is 993. The van der Waals surface area contributed by atoms with E-state index in [2.05, 4.69) is 15.7 Å². The van der Waals surface area contributed by atoms with E-state index in [0.717, 1.165) is 11.0 Å². The van der Waals surface area contributed by atoms with E-state index in [-0.39, 0.29) is 24.3 Å². The molecule has 0 saturated heterocycles. The number of amides is 2. The summed E-state index contributed by atoms with van der Waals surface area (Å²) >= 11 is 0. The van der Waals surface area contributed by atoms with Crippen LogP contribution < -0.4 is 15.8 Å². The molecular weight excluding hydrogens is 344 g/mol. The second-order valence-corrected chi connectivity index (χ2v) is 6.22. The van der Waals surface area contributed by atoms with E-state index in [9.17, 15) is 9.59 Å². The first-order valence-electron chi connectivity index (χ1n) is 8.60. The Morgan fingerprint density at radius 3 is 2.70 bits per heavy atom. The van der Waals surface area contributed by atoms with E-state index < -0.39 is 5.91 Å². The van der Waals surface area contributed by atoms with Gasteiger partial charge in [-0.05, 0) is 31.2 Å². The first kappa shape index (κ1) is 16.8. The van der Waals surface area contributed by atoms with Gasteiger partial charge in [-0.25, -0.2) is 5.01 Å². The number of nitrogens with one attached hydrogen (secondary N) is 2.